The van der Waals surface area contributed by atoms with Crippen molar-refractivity contribution in [3.8, 4) is 28.2 Å². The number of carboxylic acids is 1. The average Bonchev–Trinajstić information content (AvgIpc) is 3.72. The molecule has 3 aliphatic heterocycles. The SMILES string of the molecule is Nc1cc(C(=O)O)ccc1-c1cc2c(N[C@H]3CN4CCC3CC4)c(-c3nc4ccccc4[nH]3)c(=O)[nH]c2cc1-n1ccnc1. The molecule has 3 aromatic carbocycles. The number of aromatic amines is 2. The lowest BCUT2D eigenvalue weighted by Crippen LogP contribution is -2.53. The number of hydrogen-bond acceptors (Lipinski definition) is 7. The van der Waals surface area contributed by atoms with Gasteiger partial charge in [-0.05, 0) is 68.2 Å². The first-order valence-corrected chi connectivity index (χ1v) is 14.7. The molecule has 3 fully saturated rings. The van der Waals surface area contributed by atoms with Gasteiger partial charge in [-0.1, -0.05) is 18.2 Å². The number of pyridine rings is 1. The van der Waals surface area contributed by atoms with E-state index in [2.05, 4.69) is 25.2 Å². The number of nitrogens with zero attached hydrogens (tertiary/aromatic N) is 4. The number of nitrogens with two attached hydrogens (primary N) is 1. The van der Waals surface area contributed by atoms with Gasteiger partial charge in [0, 0.05) is 47.2 Å². The number of aromatic carboxylic acids is 1. The van der Waals surface area contributed by atoms with Crippen LogP contribution in [0.3, 0.4) is 0 Å². The van der Waals surface area contributed by atoms with E-state index in [1.807, 2.05) is 47.2 Å². The molecule has 3 aliphatic rings. The summed E-state index contributed by atoms with van der Waals surface area (Å²) in [4.78, 5) is 43.7. The summed E-state index contributed by atoms with van der Waals surface area (Å²) < 4.78 is 1.85. The van der Waals surface area contributed by atoms with Crippen LogP contribution in [-0.4, -0.2) is 66.2 Å². The number of piperidine rings is 3. The summed E-state index contributed by atoms with van der Waals surface area (Å²) in [5.41, 5.74) is 12.3. The van der Waals surface area contributed by atoms with Gasteiger partial charge in [-0.3, -0.25) is 4.79 Å². The first-order chi connectivity index (χ1) is 21.4. The van der Waals surface area contributed by atoms with Crippen molar-refractivity contribution in [2.24, 2.45) is 5.92 Å². The number of aromatic nitrogens is 5. The van der Waals surface area contributed by atoms with Crippen LogP contribution < -0.4 is 16.6 Å². The zero-order valence-electron chi connectivity index (χ0n) is 23.7. The van der Waals surface area contributed by atoms with Crippen molar-refractivity contribution in [1.82, 2.24) is 29.4 Å². The lowest BCUT2D eigenvalue weighted by atomic mass is 9.83. The number of nitrogens with one attached hydrogen (secondary N) is 3. The Labute approximate surface area is 251 Å². The first kappa shape index (κ1) is 26.2. The summed E-state index contributed by atoms with van der Waals surface area (Å²) in [5, 5.41) is 14.2. The fourth-order valence-electron chi connectivity index (χ4n) is 6.86. The Kier molecular flexibility index (Phi) is 6.02. The normalized spacial score (nSPS) is 19.5. The fourth-order valence-corrected chi connectivity index (χ4v) is 6.86. The van der Waals surface area contributed by atoms with Crippen LogP contribution in [0.5, 0.6) is 0 Å². The highest BCUT2D eigenvalue weighted by Gasteiger charge is 2.35. The van der Waals surface area contributed by atoms with E-state index in [-0.39, 0.29) is 17.2 Å². The van der Waals surface area contributed by atoms with Crippen LogP contribution in [0.2, 0.25) is 0 Å². The third kappa shape index (κ3) is 4.32. The van der Waals surface area contributed by atoms with E-state index in [1.54, 1.807) is 24.7 Å². The van der Waals surface area contributed by atoms with Crippen LogP contribution in [0, 0.1) is 5.92 Å². The molecule has 0 amide bonds. The van der Waals surface area contributed by atoms with Gasteiger partial charge < -0.3 is 35.6 Å². The van der Waals surface area contributed by atoms with E-state index < -0.39 is 5.97 Å². The molecule has 0 aliphatic carbocycles. The lowest BCUT2D eigenvalue weighted by Gasteiger charge is -2.45. The number of para-hydroxylation sites is 2. The van der Waals surface area contributed by atoms with Gasteiger partial charge in [-0.2, -0.15) is 0 Å². The molecule has 6 heterocycles. The number of carboxylic acid groups (broad SMARTS) is 1. The molecule has 0 unspecified atom stereocenters. The Morgan fingerprint density at radius 2 is 1.86 bits per heavy atom. The molecule has 6 N–H and O–H groups in total. The molecular formula is C33H30N8O3. The standard InChI is InChI=1S/C33H30N8O3/c34-23-13-19(33(43)44)5-6-20(23)21-14-22-26(15-28(21)41-12-9-35-17-41)39-32(42)29(31-37-24-3-1-2-4-25(24)38-31)30(22)36-27-16-40-10-7-18(27)8-11-40/h1-6,9,12-15,17-18,27H,7-8,10-11,16,34H2,(H,37,38)(H,43,44)(H2,36,39,42)/t27-/m0/s1. The van der Waals surface area contributed by atoms with Crippen molar-refractivity contribution in [3.05, 3.63) is 89.2 Å². The summed E-state index contributed by atoms with van der Waals surface area (Å²) in [6.07, 6.45) is 7.40. The van der Waals surface area contributed by atoms with E-state index in [1.165, 1.54) is 6.07 Å². The maximum atomic E-state index is 14.0. The van der Waals surface area contributed by atoms with Crippen molar-refractivity contribution in [1.29, 1.82) is 0 Å². The summed E-state index contributed by atoms with van der Waals surface area (Å²) in [5.74, 6) is -0.0564. The molecule has 3 saturated heterocycles. The Bertz CT molecular complexity index is 2090. The van der Waals surface area contributed by atoms with Gasteiger partial charge in [-0.15, -0.1) is 0 Å². The van der Waals surface area contributed by atoms with E-state index in [0.29, 0.717) is 39.8 Å². The zero-order chi connectivity index (χ0) is 29.9. The number of rotatable bonds is 6. The predicted molar refractivity (Wildman–Crippen MR) is 170 cm³/mol. The van der Waals surface area contributed by atoms with Gasteiger partial charge in [0.25, 0.3) is 5.56 Å². The van der Waals surface area contributed by atoms with Crippen molar-refractivity contribution < 1.29 is 9.90 Å². The number of hydrogen-bond donors (Lipinski definition) is 5. The molecule has 0 spiro atoms. The van der Waals surface area contributed by atoms with E-state index in [9.17, 15) is 14.7 Å². The van der Waals surface area contributed by atoms with Crippen LogP contribution in [0.15, 0.2) is 78.1 Å². The molecular weight excluding hydrogens is 556 g/mol. The minimum absolute atomic E-state index is 0.109. The highest BCUT2D eigenvalue weighted by atomic mass is 16.4. The second kappa shape index (κ2) is 10.1. The predicted octanol–water partition coefficient (Wildman–Crippen LogP) is 4.71. The number of nitrogen functional groups attached to an aromatic ring is 1. The number of benzene rings is 3. The largest absolute Gasteiger partial charge is 0.478 e. The van der Waals surface area contributed by atoms with Crippen LogP contribution in [0.1, 0.15) is 23.2 Å². The van der Waals surface area contributed by atoms with Crippen molar-refractivity contribution in [3.63, 3.8) is 0 Å². The van der Waals surface area contributed by atoms with Gasteiger partial charge in [0.1, 0.15) is 11.4 Å². The number of imidazole rings is 2. The summed E-state index contributed by atoms with van der Waals surface area (Å²) in [7, 11) is 0. The molecule has 220 valence electrons. The highest BCUT2D eigenvalue weighted by molar-refractivity contribution is 6.04. The van der Waals surface area contributed by atoms with Crippen molar-refractivity contribution in [2.75, 3.05) is 30.7 Å². The van der Waals surface area contributed by atoms with E-state index in [0.717, 1.165) is 60.1 Å². The van der Waals surface area contributed by atoms with Gasteiger partial charge >= 0.3 is 5.97 Å². The molecule has 0 saturated carbocycles. The number of anilines is 2. The number of fused-ring (bicyclic) bond motifs is 5. The van der Waals surface area contributed by atoms with Gasteiger partial charge in [0.15, 0.2) is 0 Å². The second-order valence-electron chi connectivity index (χ2n) is 11.7. The Hall–Kier alpha value is -5.42. The van der Waals surface area contributed by atoms with Crippen LogP contribution in [0.4, 0.5) is 11.4 Å². The van der Waals surface area contributed by atoms with Crippen LogP contribution in [-0.2, 0) is 0 Å². The molecule has 44 heavy (non-hydrogen) atoms. The lowest BCUT2D eigenvalue weighted by molar-refractivity contribution is 0.0697. The van der Waals surface area contributed by atoms with Gasteiger partial charge in [-0.25, -0.2) is 14.8 Å². The Morgan fingerprint density at radius 3 is 2.57 bits per heavy atom. The molecule has 1 atom stereocenters. The Morgan fingerprint density at radius 1 is 1.02 bits per heavy atom. The molecule has 11 heteroatoms. The number of H-pyrrole nitrogens is 2. The minimum atomic E-state index is -1.05. The van der Waals surface area contributed by atoms with Crippen molar-refractivity contribution in [2.45, 2.75) is 18.9 Å². The minimum Gasteiger partial charge on any atom is -0.478 e. The summed E-state index contributed by atoms with van der Waals surface area (Å²) in [6, 6.07) is 16.6. The molecule has 11 nitrogen and oxygen atoms in total. The molecule has 9 rings (SSSR count). The Balaban J connectivity index is 1.40. The molecule has 2 bridgehead atoms. The first-order valence-electron chi connectivity index (χ1n) is 14.7. The molecule has 3 aromatic heterocycles. The number of carbonyl (C=O) groups is 1. The topological polar surface area (TPSA) is 158 Å². The van der Waals surface area contributed by atoms with Gasteiger partial charge in [0.2, 0.25) is 0 Å². The quantitative estimate of drug-likeness (QED) is 0.176. The second-order valence-corrected chi connectivity index (χ2v) is 11.7. The fraction of sp³-hybridized carbons (Fsp3) is 0.212. The van der Waals surface area contributed by atoms with Gasteiger partial charge in [0.05, 0.1) is 39.8 Å². The molecule has 6 aromatic rings. The highest BCUT2D eigenvalue weighted by Crippen LogP contribution is 2.40. The third-order valence-electron chi connectivity index (χ3n) is 9.11. The monoisotopic (exact) mass is 586 g/mol. The average molecular weight is 587 g/mol. The van der Waals surface area contributed by atoms with Crippen molar-refractivity contribution >= 4 is 39.3 Å². The smallest absolute Gasteiger partial charge is 0.335 e. The maximum Gasteiger partial charge on any atom is 0.335 e. The van der Waals surface area contributed by atoms with E-state index >= 15 is 0 Å². The summed E-state index contributed by atoms with van der Waals surface area (Å²) >= 11 is 0. The maximum absolute atomic E-state index is 14.0. The molecule has 0 radical (unpaired) electrons. The van der Waals surface area contributed by atoms with Crippen LogP contribution in [0.25, 0.3) is 50.1 Å². The zero-order valence-corrected chi connectivity index (χ0v) is 23.7. The third-order valence-corrected chi connectivity index (χ3v) is 9.11. The van der Waals surface area contributed by atoms with E-state index in [4.69, 9.17) is 10.7 Å². The van der Waals surface area contributed by atoms with Crippen LogP contribution >= 0.6 is 0 Å². The summed E-state index contributed by atoms with van der Waals surface area (Å²) in [6.45, 7) is 3.10.